The Labute approximate surface area is 156 Å². The van der Waals surface area contributed by atoms with Crippen molar-refractivity contribution in [2.45, 2.75) is 20.3 Å². The molecule has 0 saturated carbocycles. The van der Waals surface area contributed by atoms with Crippen molar-refractivity contribution in [1.82, 2.24) is 0 Å². The van der Waals surface area contributed by atoms with Gasteiger partial charge in [-0.25, -0.2) is 4.39 Å². The van der Waals surface area contributed by atoms with E-state index in [0.717, 1.165) is 16.8 Å². The lowest BCUT2D eigenvalue weighted by Gasteiger charge is -2.18. The number of halogens is 1. The van der Waals surface area contributed by atoms with E-state index in [1.807, 2.05) is 32.0 Å². The molecule has 0 spiro atoms. The minimum absolute atomic E-state index is 0.0521. The molecule has 6 heteroatoms. The number of benzene rings is 2. The van der Waals surface area contributed by atoms with E-state index in [0.29, 0.717) is 0 Å². The number of Topliss-reactive ketones (excluding diaryl/α,β-unsaturated/α-hetero) is 1. The van der Waals surface area contributed by atoms with Crippen LogP contribution in [0.2, 0.25) is 0 Å². The van der Waals surface area contributed by atoms with E-state index in [-0.39, 0.29) is 24.4 Å². The zero-order chi connectivity index (χ0) is 19.6. The SMILES string of the molecule is Cc1cc(C)cc(N2CC(C(=O)OCC(=O)c3ccc(F)cc3)CC2=O)c1. The summed E-state index contributed by atoms with van der Waals surface area (Å²) in [6.07, 6.45) is 0.0521. The van der Waals surface area contributed by atoms with Crippen LogP contribution in [0.4, 0.5) is 10.1 Å². The van der Waals surface area contributed by atoms with E-state index in [2.05, 4.69) is 0 Å². The number of nitrogens with zero attached hydrogens (tertiary/aromatic N) is 1. The van der Waals surface area contributed by atoms with E-state index in [4.69, 9.17) is 4.74 Å². The molecule has 1 fully saturated rings. The Balaban J connectivity index is 1.60. The van der Waals surface area contributed by atoms with Crippen molar-refractivity contribution in [3.63, 3.8) is 0 Å². The molecule has 1 unspecified atom stereocenters. The number of carbonyl (C=O) groups excluding carboxylic acids is 3. The van der Waals surface area contributed by atoms with Gasteiger partial charge in [0, 0.05) is 24.2 Å². The Morgan fingerprint density at radius 3 is 2.37 bits per heavy atom. The predicted octanol–water partition coefficient (Wildman–Crippen LogP) is 3.22. The summed E-state index contributed by atoms with van der Waals surface area (Å²) >= 11 is 0. The summed E-state index contributed by atoms with van der Waals surface area (Å²) in [6.45, 7) is 3.69. The molecular formula is C21H20FNO4. The summed E-state index contributed by atoms with van der Waals surface area (Å²) in [5, 5.41) is 0. The van der Waals surface area contributed by atoms with Gasteiger partial charge >= 0.3 is 5.97 Å². The summed E-state index contributed by atoms with van der Waals surface area (Å²) in [5.41, 5.74) is 3.10. The van der Waals surface area contributed by atoms with E-state index >= 15 is 0 Å². The molecule has 1 heterocycles. The maximum absolute atomic E-state index is 12.9. The third kappa shape index (κ3) is 4.39. The van der Waals surface area contributed by atoms with Gasteiger partial charge in [0.25, 0.3) is 0 Å². The molecule has 0 radical (unpaired) electrons. The van der Waals surface area contributed by atoms with Gasteiger partial charge in [0.05, 0.1) is 5.92 Å². The van der Waals surface area contributed by atoms with Crippen molar-refractivity contribution in [3.8, 4) is 0 Å². The minimum Gasteiger partial charge on any atom is -0.457 e. The van der Waals surface area contributed by atoms with E-state index in [1.54, 1.807) is 4.90 Å². The Hall–Kier alpha value is -3.02. The third-order valence-corrected chi connectivity index (χ3v) is 4.49. The quantitative estimate of drug-likeness (QED) is 0.600. The van der Waals surface area contributed by atoms with Crippen LogP contribution in [0.15, 0.2) is 42.5 Å². The van der Waals surface area contributed by atoms with Crippen LogP contribution in [0.1, 0.15) is 27.9 Å². The van der Waals surface area contributed by atoms with E-state index in [9.17, 15) is 18.8 Å². The first-order valence-corrected chi connectivity index (χ1v) is 8.67. The molecule has 3 rings (SSSR count). The Morgan fingerprint density at radius 1 is 1.11 bits per heavy atom. The number of rotatable bonds is 5. The molecule has 1 aliphatic rings. The van der Waals surface area contributed by atoms with Crippen LogP contribution in [0.3, 0.4) is 0 Å². The van der Waals surface area contributed by atoms with Crippen molar-refractivity contribution in [2.24, 2.45) is 5.92 Å². The Kier molecular flexibility index (Phi) is 5.35. The second kappa shape index (κ2) is 7.70. The van der Waals surface area contributed by atoms with Crippen LogP contribution >= 0.6 is 0 Å². The highest BCUT2D eigenvalue weighted by Gasteiger charge is 2.36. The van der Waals surface area contributed by atoms with Crippen LogP contribution in [0.25, 0.3) is 0 Å². The van der Waals surface area contributed by atoms with Crippen LogP contribution in [0.5, 0.6) is 0 Å². The van der Waals surface area contributed by atoms with Crippen LogP contribution < -0.4 is 4.90 Å². The molecule has 1 atom stereocenters. The number of carbonyl (C=O) groups is 3. The van der Waals surface area contributed by atoms with Gasteiger partial charge in [0.2, 0.25) is 5.91 Å². The molecule has 140 valence electrons. The molecule has 0 aromatic heterocycles. The summed E-state index contributed by atoms with van der Waals surface area (Å²) in [7, 11) is 0. The molecule has 1 amide bonds. The normalized spacial score (nSPS) is 16.5. The van der Waals surface area contributed by atoms with Gasteiger partial charge in [-0.1, -0.05) is 6.07 Å². The molecule has 0 bridgehead atoms. The summed E-state index contributed by atoms with van der Waals surface area (Å²) in [4.78, 5) is 38.2. The first-order valence-electron chi connectivity index (χ1n) is 8.67. The smallest absolute Gasteiger partial charge is 0.311 e. The highest BCUT2D eigenvalue weighted by molar-refractivity contribution is 6.01. The van der Waals surface area contributed by atoms with Crippen molar-refractivity contribution in [2.75, 3.05) is 18.1 Å². The Morgan fingerprint density at radius 2 is 1.74 bits per heavy atom. The highest BCUT2D eigenvalue weighted by Crippen LogP contribution is 2.27. The second-order valence-electron chi connectivity index (χ2n) is 6.79. The standard InChI is InChI=1S/C21H20FNO4/c1-13-7-14(2)9-18(8-13)23-11-16(10-20(23)25)21(26)27-12-19(24)15-3-5-17(22)6-4-15/h3-9,16H,10-12H2,1-2H3. The maximum atomic E-state index is 12.9. The highest BCUT2D eigenvalue weighted by atomic mass is 19.1. The van der Waals surface area contributed by atoms with Gasteiger partial charge < -0.3 is 9.64 Å². The zero-order valence-corrected chi connectivity index (χ0v) is 15.2. The van der Waals surface area contributed by atoms with Crippen LogP contribution in [-0.4, -0.2) is 30.8 Å². The van der Waals surface area contributed by atoms with Crippen molar-refractivity contribution in [3.05, 3.63) is 65.0 Å². The fraction of sp³-hybridized carbons (Fsp3) is 0.286. The number of hydrogen-bond donors (Lipinski definition) is 0. The van der Waals surface area contributed by atoms with Gasteiger partial charge in [-0.15, -0.1) is 0 Å². The molecule has 1 saturated heterocycles. The van der Waals surface area contributed by atoms with E-state index < -0.39 is 30.1 Å². The molecule has 1 aliphatic heterocycles. The molecular weight excluding hydrogens is 349 g/mol. The monoisotopic (exact) mass is 369 g/mol. The van der Waals surface area contributed by atoms with Crippen molar-refractivity contribution in [1.29, 1.82) is 0 Å². The van der Waals surface area contributed by atoms with Gasteiger partial charge in [0.15, 0.2) is 12.4 Å². The van der Waals surface area contributed by atoms with Crippen LogP contribution in [0, 0.1) is 25.6 Å². The lowest BCUT2D eigenvalue weighted by Crippen LogP contribution is -2.27. The molecule has 5 nitrogen and oxygen atoms in total. The van der Waals surface area contributed by atoms with Crippen molar-refractivity contribution >= 4 is 23.3 Å². The number of ether oxygens (including phenoxy) is 1. The maximum Gasteiger partial charge on any atom is 0.311 e. The number of amides is 1. The first-order chi connectivity index (χ1) is 12.8. The van der Waals surface area contributed by atoms with Gasteiger partial charge in [-0.3, -0.25) is 14.4 Å². The average Bonchev–Trinajstić information content (AvgIpc) is 3.01. The van der Waals surface area contributed by atoms with Crippen LogP contribution in [-0.2, 0) is 14.3 Å². The lowest BCUT2D eigenvalue weighted by molar-refractivity contribution is -0.147. The van der Waals surface area contributed by atoms with Gasteiger partial charge in [0.1, 0.15) is 5.82 Å². The summed E-state index contributed by atoms with van der Waals surface area (Å²) < 4.78 is 18.0. The first kappa shape index (κ1) is 18.8. The van der Waals surface area contributed by atoms with E-state index in [1.165, 1.54) is 24.3 Å². The number of hydrogen-bond acceptors (Lipinski definition) is 4. The second-order valence-corrected chi connectivity index (χ2v) is 6.79. The number of aryl methyl sites for hydroxylation is 2. The summed E-state index contributed by atoms with van der Waals surface area (Å²) in [6, 6.07) is 10.8. The average molecular weight is 369 g/mol. The topological polar surface area (TPSA) is 63.7 Å². The molecule has 2 aromatic carbocycles. The molecule has 2 aromatic rings. The largest absolute Gasteiger partial charge is 0.457 e. The number of ketones is 1. The van der Waals surface area contributed by atoms with Crippen molar-refractivity contribution < 1.29 is 23.5 Å². The fourth-order valence-electron chi connectivity index (χ4n) is 3.20. The van der Waals surface area contributed by atoms with Gasteiger partial charge in [-0.2, -0.15) is 0 Å². The summed E-state index contributed by atoms with van der Waals surface area (Å²) in [5.74, 6) is -2.20. The minimum atomic E-state index is -0.612. The third-order valence-electron chi connectivity index (χ3n) is 4.49. The number of anilines is 1. The lowest BCUT2D eigenvalue weighted by atomic mass is 10.1. The van der Waals surface area contributed by atoms with Gasteiger partial charge in [-0.05, 0) is 61.4 Å². The fourth-order valence-corrected chi connectivity index (χ4v) is 3.20. The zero-order valence-electron chi connectivity index (χ0n) is 15.2. The molecule has 0 N–H and O–H groups in total. The molecule has 0 aliphatic carbocycles. The predicted molar refractivity (Wildman–Crippen MR) is 98.1 cm³/mol. The number of esters is 1. The molecule has 27 heavy (non-hydrogen) atoms. The Bertz CT molecular complexity index is 871.